The van der Waals surface area contributed by atoms with Gasteiger partial charge in [0.05, 0.1) is 22.3 Å². The summed E-state index contributed by atoms with van der Waals surface area (Å²) in [5.41, 5.74) is 2.50. The summed E-state index contributed by atoms with van der Waals surface area (Å²) >= 11 is 0. The average molecular weight is 312 g/mol. The number of nitrogens with one attached hydrogen (secondary N) is 2. The average Bonchev–Trinajstić information content (AvgIpc) is 2.44. The quantitative estimate of drug-likeness (QED) is 0.270. The fraction of sp³-hybridized carbons (Fsp3) is 0.100. The number of ketones is 1. The Morgan fingerprint density at radius 3 is 2.27 bits per heavy atom. The molecule has 1 aromatic rings. The lowest BCUT2D eigenvalue weighted by atomic mass is 10.2. The molecule has 12 nitrogen and oxygen atoms in total. The number of carbonyl (C=O) groups is 3. The van der Waals surface area contributed by atoms with Gasteiger partial charge < -0.3 is 5.11 Å². The van der Waals surface area contributed by atoms with Crippen LogP contribution in [0.25, 0.3) is 0 Å². The van der Waals surface area contributed by atoms with E-state index in [0.29, 0.717) is 6.07 Å². The molecule has 0 unspecified atom stereocenters. The van der Waals surface area contributed by atoms with Gasteiger partial charge in [-0.15, -0.1) is 0 Å². The van der Waals surface area contributed by atoms with Crippen LogP contribution in [0.5, 0.6) is 0 Å². The first-order chi connectivity index (χ1) is 10.2. The fourth-order valence-corrected chi connectivity index (χ4v) is 1.29. The van der Waals surface area contributed by atoms with Gasteiger partial charge in [-0.1, -0.05) is 0 Å². The number of aliphatic carboxylic acids is 1. The summed E-state index contributed by atoms with van der Waals surface area (Å²) < 4.78 is 0. The van der Waals surface area contributed by atoms with Gasteiger partial charge in [-0.2, -0.15) is 0 Å². The lowest BCUT2D eigenvalue weighted by Gasteiger charge is -2.07. The highest BCUT2D eigenvalue weighted by molar-refractivity contribution is 6.36. The molecule has 1 aromatic carbocycles. The molecule has 12 heteroatoms. The number of carbonyl (C=O) groups excluding carboxylic acids is 2. The number of hydrazine groups is 1. The number of carboxylic acid groups (broad SMARTS) is 1. The van der Waals surface area contributed by atoms with E-state index in [4.69, 9.17) is 5.11 Å². The third-order valence-corrected chi connectivity index (χ3v) is 2.29. The molecule has 0 saturated carbocycles. The van der Waals surface area contributed by atoms with Gasteiger partial charge >= 0.3 is 11.7 Å². The van der Waals surface area contributed by atoms with Crippen molar-refractivity contribution in [3.8, 4) is 0 Å². The number of rotatable bonds is 7. The van der Waals surface area contributed by atoms with E-state index in [0.717, 1.165) is 12.1 Å². The zero-order chi connectivity index (χ0) is 16.9. The highest BCUT2D eigenvalue weighted by Gasteiger charge is 2.21. The lowest BCUT2D eigenvalue weighted by molar-refractivity contribution is -0.393. The summed E-state index contributed by atoms with van der Waals surface area (Å²) in [4.78, 5) is 51.9. The van der Waals surface area contributed by atoms with E-state index in [1.54, 1.807) is 0 Å². The third-order valence-electron chi connectivity index (χ3n) is 2.29. The molecule has 0 aliphatic rings. The van der Waals surface area contributed by atoms with Crippen LogP contribution in [0.4, 0.5) is 17.1 Å². The maximum Gasteiger partial charge on any atom is 0.372 e. The van der Waals surface area contributed by atoms with Crippen molar-refractivity contribution in [2.75, 3.05) is 5.43 Å². The van der Waals surface area contributed by atoms with Gasteiger partial charge in [0.1, 0.15) is 5.69 Å². The molecule has 0 bridgehead atoms. The normalized spacial score (nSPS) is 9.64. The second-order valence-electron chi connectivity index (χ2n) is 3.79. The molecule has 0 saturated heterocycles. The number of carboxylic acids is 1. The number of non-ortho nitro benzene ring substituents is 1. The van der Waals surface area contributed by atoms with Crippen molar-refractivity contribution in [3.63, 3.8) is 0 Å². The molecular formula is C10H8N4O8. The van der Waals surface area contributed by atoms with Gasteiger partial charge in [0.15, 0.2) is 0 Å². The summed E-state index contributed by atoms with van der Waals surface area (Å²) in [6, 6.07) is 2.62. The molecule has 1 rings (SSSR count). The van der Waals surface area contributed by atoms with Gasteiger partial charge in [-0.05, 0) is 6.07 Å². The number of Topliss-reactive ketones (excluding diaryl/α,β-unsaturated/α-hetero) is 1. The molecule has 22 heavy (non-hydrogen) atoms. The Morgan fingerprint density at radius 1 is 1.14 bits per heavy atom. The van der Waals surface area contributed by atoms with Crippen molar-refractivity contribution in [1.82, 2.24) is 5.43 Å². The minimum Gasteiger partial charge on any atom is -0.475 e. The van der Waals surface area contributed by atoms with Crippen molar-refractivity contribution in [2.24, 2.45) is 0 Å². The van der Waals surface area contributed by atoms with Crippen LogP contribution in [-0.4, -0.2) is 32.6 Å². The van der Waals surface area contributed by atoms with Crippen LogP contribution in [0.2, 0.25) is 0 Å². The molecule has 0 aliphatic carbocycles. The van der Waals surface area contributed by atoms with Crippen molar-refractivity contribution in [1.29, 1.82) is 0 Å². The van der Waals surface area contributed by atoms with Crippen LogP contribution < -0.4 is 10.9 Å². The second kappa shape index (κ2) is 6.74. The predicted molar refractivity (Wildman–Crippen MR) is 68.8 cm³/mol. The van der Waals surface area contributed by atoms with Crippen LogP contribution in [0.15, 0.2) is 18.2 Å². The number of hydrogen-bond donors (Lipinski definition) is 3. The van der Waals surface area contributed by atoms with Crippen LogP contribution in [0.3, 0.4) is 0 Å². The number of hydrogen-bond acceptors (Lipinski definition) is 8. The minimum atomic E-state index is -1.79. The first-order valence-corrected chi connectivity index (χ1v) is 5.46. The van der Waals surface area contributed by atoms with Crippen molar-refractivity contribution < 1.29 is 29.3 Å². The van der Waals surface area contributed by atoms with Gasteiger partial charge in [0.25, 0.3) is 5.69 Å². The molecule has 0 fully saturated rings. The van der Waals surface area contributed by atoms with Crippen molar-refractivity contribution >= 4 is 34.7 Å². The summed E-state index contributed by atoms with van der Waals surface area (Å²) in [6.45, 7) is 0. The molecule has 0 aromatic heterocycles. The summed E-state index contributed by atoms with van der Waals surface area (Å²) in [6.07, 6.45) is -0.969. The predicted octanol–water partition coefficient (Wildman–Crippen LogP) is -0.0101. The Labute approximate surface area is 121 Å². The number of anilines is 1. The first-order valence-electron chi connectivity index (χ1n) is 5.46. The standard InChI is InChI=1S/C10H8N4O8/c15-8(10(17)18)4-9(16)12-11-6-2-1-5(13(19)20)3-7(6)14(21)22/h1-3,11H,4H2,(H,12,16)(H,17,18). The first kappa shape index (κ1) is 16.5. The zero-order valence-corrected chi connectivity index (χ0v) is 10.6. The minimum absolute atomic E-state index is 0.272. The molecule has 1 amide bonds. The van der Waals surface area contributed by atoms with E-state index in [2.05, 4.69) is 5.43 Å². The Kier molecular flexibility index (Phi) is 5.05. The number of nitro benzene ring substituents is 2. The maximum atomic E-state index is 11.3. The molecule has 0 atom stereocenters. The molecule has 116 valence electrons. The van der Waals surface area contributed by atoms with E-state index >= 15 is 0 Å². The maximum absolute atomic E-state index is 11.3. The van der Waals surface area contributed by atoms with E-state index in [-0.39, 0.29) is 5.69 Å². The Hall–Kier alpha value is -3.57. The summed E-state index contributed by atoms with van der Waals surface area (Å²) in [5, 5.41) is 29.7. The van der Waals surface area contributed by atoms with Gasteiger partial charge in [0.2, 0.25) is 11.7 Å². The Morgan fingerprint density at radius 2 is 1.77 bits per heavy atom. The largest absolute Gasteiger partial charge is 0.475 e. The van der Waals surface area contributed by atoms with E-state index < -0.39 is 45.3 Å². The van der Waals surface area contributed by atoms with E-state index in [1.165, 1.54) is 0 Å². The zero-order valence-electron chi connectivity index (χ0n) is 10.6. The monoisotopic (exact) mass is 312 g/mol. The molecule has 0 aliphatic heterocycles. The van der Waals surface area contributed by atoms with Crippen LogP contribution >= 0.6 is 0 Å². The second-order valence-corrected chi connectivity index (χ2v) is 3.79. The number of nitrogens with zero attached hydrogens (tertiary/aromatic N) is 2. The lowest BCUT2D eigenvalue weighted by Crippen LogP contribution is -2.32. The van der Waals surface area contributed by atoms with Gasteiger partial charge in [-0.25, -0.2) is 4.79 Å². The molecule has 3 N–H and O–H groups in total. The van der Waals surface area contributed by atoms with Gasteiger partial charge in [0, 0.05) is 6.07 Å². The molecule has 0 spiro atoms. The van der Waals surface area contributed by atoms with E-state index in [9.17, 15) is 34.6 Å². The fourth-order valence-electron chi connectivity index (χ4n) is 1.29. The highest BCUT2D eigenvalue weighted by Crippen LogP contribution is 2.28. The SMILES string of the molecule is O=C(CC(=O)C(=O)O)NNc1ccc([N+](=O)[O-])cc1[N+](=O)[O-]. The number of benzene rings is 1. The summed E-state index contributed by atoms with van der Waals surface area (Å²) in [7, 11) is 0. The number of nitro groups is 2. The smallest absolute Gasteiger partial charge is 0.372 e. The Bertz CT molecular complexity index is 671. The van der Waals surface area contributed by atoms with E-state index in [1.807, 2.05) is 5.43 Å². The van der Waals surface area contributed by atoms with Crippen molar-refractivity contribution in [3.05, 3.63) is 38.4 Å². The molecular weight excluding hydrogens is 304 g/mol. The highest BCUT2D eigenvalue weighted by atomic mass is 16.6. The van der Waals surface area contributed by atoms with Crippen LogP contribution in [0.1, 0.15) is 6.42 Å². The summed E-state index contributed by atoms with van der Waals surface area (Å²) in [5.74, 6) is -4.20. The molecule has 0 heterocycles. The Balaban J connectivity index is 2.83. The van der Waals surface area contributed by atoms with Crippen molar-refractivity contribution in [2.45, 2.75) is 6.42 Å². The van der Waals surface area contributed by atoms with Crippen LogP contribution in [0, 0.1) is 20.2 Å². The number of amides is 1. The van der Waals surface area contributed by atoms with Gasteiger partial charge in [-0.3, -0.25) is 40.7 Å². The topological polar surface area (TPSA) is 182 Å². The van der Waals surface area contributed by atoms with Crippen LogP contribution in [-0.2, 0) is 14.4 Å². The third kappa shape index (κ3) is 4.22. The molecule has 0 radical (unpaired) electrons.